The standard InChI is InChI=1S/C15H19N5O2/c1-20-6-5-12(19-20)15(21)18-10-11-8-16-14(17-9-11)13-4-2-3-7-22-13/h5-6,8-9,13H,2-4,7,10H2,1H3,(H,18,21). The first-order chi connectivity index (χ1) is 10.7. The minimum absolute atomic E-state index is 0.00547. The molecule has 1 aliphatic heterocycles. The lowest BCUT2D eigenvalue weighted by Gasteiger charge is -2.21. The Morgan fingerprint density at radius 1 is 1.41 bits per heavy atom. The van der Waals surface area contributed by atoms with E-state index in [9.17, 15) is 4.79 Å². The molecule has 1 amide bonds. The molecule has 1 N–H and O–H groups in total. The maximum absolute atomic E-state index is 11.9. The van der Waals surface area contributed by atoms with Gasteiger partial charge in [0.05, 0.1) is 0 Å². The van der Waals surface area contributed by atoms with Crippen LogP contribution in [0.25, 0.3) is 0 Å². The fourth-order valence-corrected chi connectivity index (χ4v) is 2.38. The second-order valence-electron chi connectivity index (χ2n) is 5.36. The highest BCUT2D eigenvalue weighted by Gasteiger charge is 2.18. The molecule has 1 unspecified atom stereocenters. The molecule has 1 atom stereocenters. The molecule has 0 bridgehead atoms. The van der Waals surface area contributed by atoms with Crippen LogP contribution < -0.4 is 5.32 Å². The molecule has 22 heavy (non-hydrogen) atoms. The van der Waals surface area contributed by atoms with Gasteiger partial charge in [-0.2, -0.15) is 5.10 Å². The van der Waals surface area contributed by atoms with Crippen molar-refractivity contribution in [2.75, 3.05) is 6.61 Å². The van der Waals surface area contributed by atoms with Crippen LogP contribution in [-0.4, -0.2) is 32.3 Å². The summed E-state index contributed by atoms with van der Waals surface area (Å²) in [7, 11) is 1.77. The highest BCUT2D eigenvalue weighted by Crippen LogP contribution is 2.24. The quantitative estimate of drug-likeness (QED) is 0.922. The van der Waals surface area contributed by atoms with Crippen LogP contribution in [0.3, 0.4) is 0 Å². The molecule has 116 valence electrons. The Morgan fingerprint density at radius 3 is 2.86 bits per heavy atom. The van der Waals surface area contributed by atoms with Crippen LogP contribution in [0.2, 0.25) is 0 Å². The van der Waals surface area contributed by atoms with Crippen molar-refractivity contribution in [1.82, 2.24) is 25.1 Å². The van der Waals surface area contributed by atoms with Gasteiger partial charge in [-0.15, -0.1) is 0 Å². The smallest absolute Gasteiger partial charge is 0.272 e. The first kappa shape index (κ1) is 14.6. The van der Waals surface area contributed by atoms with Crippen molar-refractivity contribution >= 4 is 5.91 Å². The number of carbonyl (C=O) groups is 1. The zero-order chi connectivity index (χ0) is 15.4. The molecule has 0 aromatic carbocycles. The van der Waals surface area contributed by atoms with E-state index in [4.69, 9.17) is 4.74 Å². The lowest BCUT2D eigenvalue weighted by Crippen LogP contribution is -2.23. The van der Waals surface area contributed by atoms with Gasteiger partial charge in [-0.25, -0.2) is 9.97 Å². The third-order valence-electron chi connectivity index (χ3n) is 3.59. The molecule has 0 saturated carbocycles. The predicted molar refractivity (Wildman–Crippen MR) is 79.0 cm³/mol. The monoisotopic (exact) mass is 301 g/mol. The van der Waals surface area contributed by atoms with Crippen molar-refractivity contribution < 1.29 is 9.53 Å². The van der Waals surface area contributed by atoms with Crippen LogP contribution >= 0.6 is 0 Å². The maximum Gasteiger partial charge on any atom is 0.272 e. The van der Waals surface area contributed by atoms with Crippen LogP contribution in [0.15, 0.2) is 24.7 Å². The lowest BCUT2D eigenvalue weighted by molar-refractivity contribution is 0.00940. The Labute approximate surface area is 128 Å². The molecule has 3 rings (SSSR count). The molecule has 2 aromatic heterocycles. The van der Waals surface area contributed by atoms with E-state index in [-0.39, 0.29) is 12.0 Å². The fourth-order valence-electron chi connectivity index (χ4n) is 2.38. The molecule has 0 radical (unpaired) electrons. The van der Waals surface area contributed by atoms with Gasteiger partial charge in [0.2, 0.25) is 0 Å². The number of aromatic nitrogens is 4. The van der Waals surface area contributed by atoms with Gasteiger partial charge in [-0.1, -0.05) is 0 Å². The van der Waals surface area contributed by atoms with Crippen molar-refractivity contribution in [2.45, 2.75) is 31.9 Å². The van der Waals surface area contributed by atoms with E-state index < -0.39 is 0 Å². The highest BCUT2D eigenvalue weighted by atomic mass is 16.5. The third-order valence-corrected chi connectivity index (χ3v) is 3.59. The lowest BCUT2D eigenvalue weighted by atomic mass is 10.1. The summed E-state index contributed by atoms with van der Waals surface area (Å²) in [4.78, 5) is 20.6. The fraction of sp³-hybridized carbons (Fsp3) is 0.467. The van der Waals surface area contributed by atoms with E-state index in [2.05, 4.69) is 20.4 Å². The first-order valence-corrected chi connectivity index (χ1v) is 7.42. The van der Waals surface area contributed by atoms with Crippen molar-refractivity contribution in [3.63, 3.8) is 0 Å². The number of nitrogens with one attached hydrogen (secondary N) is 1. The molecular weight excluding hydrogens is 282 g/mol. The van der Waals surface area contributed by atoms with E-state index >= 15 is 0 Å². The first-order valence-electron chi connectivity index (χ1n) is 7.42. The Kier molecular flexibility index (Phi) is 4.43. The van der Waals surface area contributed by atoms with Crippen molar-refractivity contribution in [3.8, 4) is 0 Å². The van der Waals surface area contributed by atoms with Crippen molar-refractivity contribution in [3.05, 3.63) is 41.7 Å². The Bertz CT molecular complexity index is 632. The molecule has 7 heteroatoms. The Hall–Kier alpha value is -2.28. The van der Waals surface area contributed by atoms with Crippen LogP contribution in [0.5, 0.6) is 0 Å². The topological polar surface area (TPSA) is 81.9 Å². The summed E-state index contributed by atoms with van der Waals surface area (Å²) < 4.78 is 7.25. The molecule has 0 aliphatic carbocycles. The molecular formula is C15H19N5O2. The summed E-state index contributed by atoms with van der Waals surface area (Å²) in [5.41, 5.74) is 1.25. The number of nitrogens with zero attached hydrogens (tertiary/aromatic N) is 4. The molecule has 0 spiro atoms. The zero-order valence-corrected chi connectivity index (χ0v) is 12.5. The van der Waals surface area contributed by atoms with Gasteiger partial charge in [0, 0.05) is 44.4 Å². The average Bonchev–Trinajstić information content (AvgIpc) is 3.00. The third kappa shape index (κ3) is 3.48. The van der Waals surface area contributed by atoms with E-state index in [1.54, 1.807) is 36.4 Å². The second-order valence-corrected chi connectivity index (χ2v) is 5.36. The Morgan fingerprint density at radius 2 is 2.23 bits per heavy atom. The minimum atomic E-state index is -0.208. The van der Waals surface area contributed by atoms with Gasteiger partial charge < -0.3 is 10.1 Å². The number of hydrogen-bond acceptors (Lipinski definition) is 5. The van der Waals surface area contributed by atoms with Crippen LogP contribution in [0.4, 0.5) is 0 Å². The van der Waals surface area contributed by atoms with Crippen molar-refractivity contribution in [1.29, 1.82) is 0 Å². The van der Waals surface area contributed by atoms with Gasteiger partial charge in [-0.05, 0) is 25.3 Å². The number of aryl methyl sites for hydroxylation is 1. The molecule has 3 heterocycles. The molecule has 7 nitrogen and oxygen atoms in total. The summed E-state index contributed by atoms with van der Waals surface area (Å²) in [6.45, 7) is 1.15. The normalized spacial score (nSPS) is 18.1. The van der Waals surface area contributed by atoms with Gasteiger partial charge >= 0.3 is 0 Å². The van der Waals surface area contributed by atoms with Gasteiger partial charge in [-0.3, -0.25) is 9.48 Å². The van der Waals surface area contributed by atoms with Crippen LogP contribution in [-0.2, 0) is 18.3 Å². The van der Waals surface area contributed by atoms with E-state index in [1.807, 2.05) is 0 Å². The number of hydrogen-bond donors (Lipinski definition) is 1. The minimum Gasteiger partial charge on any atom is -0.370 e. The zero-order valence-electron chi connectivity index (χ0n) is 12.5. The molecule has 1 aliphatic rings. The highest BCUT2D eigenvalue weighted by molar-refractivity contribution is 5.92. The number of carbonyl (C=O) groups excluding carboxylic acids is 1. The summed E-state index contributed by atoms with van der Waals surface area (Å²) >= 11 is 0. The van der Waals surface area contributed by atoms with Gasteiger partial charge in [0.25, 0.3) is 5.91 Å². The van der Waals surface area contributed by atoms with E-state index in [0.29, 0.717) is 12.2 Å². The summed E-state index contributed by atoms with van der Waals surface area (Å²) in [5.74, 6) is 0.514. The maximum atomic E-state index is 11.9. The van der Waals surface area contributed by atoms with Crippen LogP contribution in [0.1, 0.15) is 47.2 Å². The average molecular weight is 301 g/mol. The molecule has 1 fully saturated rings. The number of amides is 1. The molecule has 1 saturated heterocycles. The molecule has 2 aromatic rings. The van der Waals surface area contributed by atoms with Gasteiger partial charge in [0.1, 0.15) is 11.8 Å². The van der Waals surface area contributed by atoms with Crippen molar-refractivity contribution in [2.24, 2.45) is 7.05 Å². The number of rotatable bonds is 4. The van der Waals surface area contributed by atoms with E-state index in [0.717, 1.165) is 37.3 Å². The van der Waals surface area contributed by atoms with Crippen LogP contribution in [0, 0.1) is 0 Å². The predicted octanol–water partition coefficient (Wildman–Crippen LogP) is 1.38. The Balaban J connectivity index is 1.55. The summed E-state index contributed by atoms with van der Waals surface area (Å²) in [5, 5.41) is 6.86. The van der Waals surface area contributed by atoms with E-state index in [1.165, 1.54) is 0 Å². The number of ether oxygens (including phenoxy) is 1. The second kappa shape index (κ2) is 6.65. The largest absolute Gasteiger partial charge is 0.370 e. The van der Waals surface area contributed by atoms with Gasteiger partial charge in [0.15, 0.2) is 5.82 Å². The summed E-state index contributed by atoms with van der Waals surface area (Å²) in [6, 6.07) is 1.68. The SMILES string of the molecule is Cn1ccc(C(=O)NCc2cnc(C3CCCCO3)nc2)n1. The summed E-state index contributed by atoms with van der Waals surface area (Å²) in [6.07, 6.45) is 8.43.